The first kappa shape index (κ1) is 26.4. The molecule has 4 aromatic rings. The molecule has 6 N–H and O–H groups in total. The molecule has 0 radical (unpaired) electrons. The van der Waals surface area contributed by atoms with Gasteiger partial charge in [-0.3, -0.25) is 9.11 Å². The monoisotopic (exact) mass is 585 g/mol. The smallest absolute Gasteiger partial charge is 0.296 e. The van der Waals surface area contributed by atoms with Gasteiger partial charge in [-0.15, -0.1) is 10.2 Å². The van der Waals surface area contributed by atoms with E-state index in [1.54, 1.807) is 0 Å². The van der Waals surface area contributed by atoms with E-state index in [0.29, 0.717) is 0 Å². The van der Waals surface area contributed by atoms with Crippen LogP contribution in [0.1, 0.15) is 0 Å². The van der Waals surface area contributed by atoms with Gasteiger partial charge in [0.25, 0.3) is 20.2 Å². The number of nitrogens with two attached hydrogens (primary N) is 1. The minimum atomic E-state index is -4.76. The highest BCUT2D eigenvalue weighted by molar-refractivity contribution is 7.86. The van der Waals surface area contributed by atoms with Crippen LogP contribution in [0.3, 0.4) is 0 Å². The number of benzene rings is 3. The number of aromatic nitrogens is 3. The van der Waals surface area contributed by atoms with Gasteiger partial charge >= 0.3 is 0 Å². The summed E-state index contributed by atoms with van der Waals surface area (Å²) < 4.78 is 65.7. The van der Waals surface area contributed by atoms with Gasteiger partial charge in [0.15, 0.2) is 0 Å². The van der Waals surface area contributed by atoms with Crippen LogP contribution in [0.25, 0.3) is 10.8 Å². The minimum absolute atomic E-state index is 0.0108. The number of nitrogen functional groups attached to an aromatic ring is 1. The first-order valence-corrected chi connectivity index (χ1v) is 13.3. The number of rotatable bonds is 6. The second-order valence-electron chi connectivity index (χ2n) is 7.20. The van der Waals surface area contributed by atoms with Crippen molar-refractivity contribution in [1.82, 2.24) is 15.0 Å². The maximum absolute atomic E-state index is 11.9. The van der Waals surface area contributed by atoms with Crippen LogP contribution in [0.5, 0.6) is 5.75 Å². The average Bonchev–Trinajstić information content (AvgIpc) is 2.76. The second kappa shape index (κ2) is 9.66. The zero-order chi connectivity index (χ0) is 27.1. The number of phenolic OH excluding ortho intramolecular Hbond substituents is 1. The number of phenols is 1. The van der Waals surface area contributed by atoms with Crippen LogP contribution in [0.2, 0.25) is 10.6 Å². The van der Waals surface area contributed by atoms with Crippen LogP contribution < -0.4 is 11.1 Å². The number of aromatic hydroxyl groups is 1. The zero-order valence-electron chi connectivity index (χ0n) is 17.9. The predicted octanol–water partition coefficient (Wildman–Crippen LogP) is 4.27. The lowest BCUT2D eigenvalue weighted by molar-refractivity contribution is 0.471. The van der Waals surface area contributed by atoms with E-state index in [2.05, 4.69) is 30.5 Å². The van der Waals surface area contributed by atoms with E-state index in [1.165, 1.54) is 24.3 Å². The summed E-state index contributed by atoms with van der Waals surface area (Å²) in [6, 6.07) is 8.03. The quantitative estimate of drug-likeness (QED) is 0.121. The van der Waals surface area contributed by atoms with E-state index in [0.717, 1.165) is 18.2 Å². The second-order valence-corrected chi connectivity index (χ2v) is 10.7. The van der Waals surface area contributed by atoms with Crippen molar-refractivity contribution in [3.05, 3.63) is 53.0 Å². The molecule has 0 atom stereocenters. The van der Waals surface area contributed by atoms with Crippen molar-refractivity contribution in [2.24, 2.45) is 10.2 Å². The molecule has 0 unspecified atom stereocenters. The van der Waals surface area contributed by atoms with Crippen molar-refractivity contribution < 1.29 is 31.0 Å². The molecule has 18 heteroatoms. The summed E-state index contributed by atoms with van der Waals surface area (Å²) in [5.41, 5.74) is 5.64. The van der Waals surface area contributed by atoms with Gasteiger partial charge in [0.2, 0.25) is 16.5 Å². The van der Waals surface area contributed by atoms with Crippen LogP contribution >= 0.6 is 23.2 Å². The molecule has 4 rings (SSSR count). The van der Waals surface area contributed by atoms with Gasteiger partial charge < -0.3 is 16.2 Å². The molecule has 192 valence electrons. The molecule has 14 nitrogen and oxygen atoms in total. The fourth-order valence-electron chi connectivity index (χ4n) is 3.18. The summed E-state index contributed by atoms with van der Waals surface area (Å²) in [5, 5.41) is 20.7. The normalized spacial score (nSPS) is 12.3. The molecule has 0 spiro atoms. The van der Waals surface area contributed by atoms with Crippen molar-refractivity contribution in [2.45, 2.75) is 9.79 Å². The Bertz CT molecular complexity index is 1800. The van der Waals surface area contributed by atoms with Crippen LogP contribution in [-0.4, -0.2) is 46.0 Å². The molecule has 0 bridgehead atoms. The lowest BCUT2D eigenvalue weighted by Crippen LogP contribution is -2.01. The van der Waals surface area contributed by atoms with Crippen molar-refractivity contribution >= 4 is 82.9 Å². The van der Waals surface area contributed by atoms with Crippen LogP contribution in [0.15, 0.2) is 62.5 Å². The van der Waals surface area contributed by atoms with Gasteiger partial charge in [0.05, 0.1) is 16.0 Å². The third-order valence-electron chi connectivity index (χ3n) is 4.70. The average molecular weight is 586 g/mol. The van der Waals surface area contributed by atoms with Gasteiger partial charge in [-0.1, -0.05) is 6.07 Å². The number of hydrogen-bond acceptors (Lipinski definition) is 12. The molecular formula is C19H13Cl2N7O7S2. The number of fused-ring (bicyclic) bond motifs is 1. The van der Waals surface area contributed by atoms with Gasteiger partial charge in [-0.2, -0.15) is 31.8 Å². The summed E-state index contributed by atoms with van der Waals surface area (Å²) in [7, 11) is -9.39. The van der Waals surface area contributed by atoms with E-state index < -0.39 is 35.8 Å². The van der Waals surface area contributed by atoms with E-state index in [4.69, 9.17) is 28.9 Å². The Morgan fingerprint density at radius 1 is 0.865 bits per heavy atom. The predicted molar refractivity (Wildman–Crippen MR) is 133 cm³/mol. The van der Waals surface area contributed by atoms with Gasteiger partial charge in [0.1, 0.15) is 22.0 Å². The summed E-state index contributed by atoms with van der Waals surface area (Å²) in [6.45, 7) is 0. The van der Waals surface area contributed by atoms with Crippen molar-refractivity contribution in [3.8, 4) is 5.75 Å². The molecule has 0 aliphatic rings. The Morgan fingerprint density at radius 3 is 2.16 bits per heavy atom. The van der Waals surface area contributed by atoms with Gasteiger partial charge in [0, 0.05) is 11.8 Å². The maximum Gasteiger partial charge on any atom is 0.296 e. The van der Waals surface area contributed by atoms with E-state index in [-0.39, 0.29) is 50.0 Å². The molecule has 0 saturated carbocycles. The summed E-state index contributed by atoms with van der Waals surface area (Å²) in [4.78, 5) is 10.1. The van der Waals surface area contributed by atoms with Crippen LogP contribution in [0.4, 0.5) is 28.7 Å². The topological polar surface area (TPSA) is 230 Å². The Labute approximate surface area is 218 Å². The maximum atomic E-state index is 11.9. The molecule has 3 aromatic carbocycles. The molecular weight excluding hydrogens is 573 g/mol. The van der Waals surface area contributed by atoms with E-state index in [9.17, 15) is 31.0 Å². The first-order valence-electron chi connectivity index (χ1n) is 9.62. The Hall–Kier alpha value is -3.67. The number of nitrogens with zero attached hydrogens (tertiary/aromatic N) is 5. The molecule has 0 amide bonds. The Kier molecular flexibility index (Phi) is 6.89. The Balaban J connectivity index is 1.84. The fraction of sp³-hybridized carbons (Fsp3) is 0. The van der Waals surface area contributed by atoms with Crippen molar-refractivity contribution in [3.63, 3.8) is 0 Å². The van der Waals surface area contributed by atoms with Gasteiger partial charge in [-0.25, -0.2) is 0 Å². The molecule has 37 heavy (non-hydrogen) atoms. The lowest BCUT2D eigenvalue weighted by atomic mass is 10.1. The van der Waals surface area contributed by atoms with E-state index >= 15 is 0 Å². The number of anilines is 3. The SMILES string of the molecule is Nc1ccc2cc(S(=O)(=O)O)cc(O)c2c1/N=N/c1cc(Nc2nc(Cl)nc(Cl)n2)ccc1S(=O)(=O)O. The first-order chi connectivity index (χ1) is 17.2. The molecule has 0 saturated heterocycles. The third kappa shape index (κ3) is 5.85. The summed E-state index contributed by atoms with van der Waals surface area (Å²) in [5.74, 6) is -0.675. The number of halogens is 2. The standard InChI is InChI=1S/C19H13Cl2N7O7S2/c20-17-24-18(21)26-19(25-17)23-9-2-4-14(37(33,34)35)12(6-9)27-28-16-11(22)3-1-8-5-10(36(30,31)32)7-13(29)15(8)16/h1-7,29H,22H2,(H,30,31,32)(H,33,34,35)(H,23,24,25,26)/b28-27+. The molecule has 0 aliphatic heterocycles. The van der Waals surface area contributed by atoms with Crippen molar-refractivity contribution in [2.75, 3.05) is 11.1 Å². The summed E-state index contributed by atoms with van der Waals surface area (Å²) >= 11 is 11.5. The lowest BCUT2D eigenvalue weighted by Gasteiger charge is -2.10. The highest BCUT2D eigenvalue weighted by atomic mass is 35.5. The van der Waals surface area contributed by atoms with Crippen molar-refractivity contribution in [1.29, 1.82) is 0 Å². The van der Waals surface area contributed by atoms with E-state index in [1.807, 2.05) is 0 Å². The van der Waals surface area contributed by atoms with Crippen LogP contribution in [0, 0.1) is 0 Å². The summed E-state index contributed by atoms with van der Waals surface area (Å²) in [6.07, 6.45) is 0. The number of hydrogen-bond donors (Lipinski definition) is 5. The number of nitrogens with one attached hydrogen (secondary N) is 1. The third-order valence-corrected chi connectivity index (χ3v) is 6.77. The zero-order valence-corrected chi connectivity index (χ0v) is 21.0. The minimum Gasteiger partial charge on any atom is -0.507 e. The number of azo groups is 1. The molecule has 1 heterocycles. The molecule has 0 aliphatic carbocycles. The highest BCUT2D eigenvalue weighted by Gasteiger charge is 2.19. The van der Waals surface area contributed by atoms with Crippen LogP contribution in [-0.2, 0) is 20.2 Å². The molecule has 1 aromatic heterocycles. The molecule has 0 fully saturated rings. The fourth-order valence-corrected chi connectivity index (χ4v) is 4.68. The van der Waals surface area contributed by atoms with Gasteiger partial charge in [-0.05, 0) is 58.9 Å². The largest absolute Gasteiger partial charge is 0.507 e. The Morgan fingerprint density at radius 2 is 1.54 bits per heavy atom. The highest BCUT2D eigenvalue weighted by Crippen LogP contribution is 2.41.